The van der Waals surface area contributed by atoms with Crippen LogP contribution in [0.25, 0.3) is 0 Å². The normalized spacial score (nSPS) is 17.4. The molecule has 0 atom stereocenters. The van der Waals surface area contributed by atoms with Crippen molar-refractivity contribution in [3.05, 3.63) is 34.9 Å². The van der Waals surface area contributed by atoms with Crippen LogP contribution < -0.4 is 5.32 Å². The molecule has 3 nitrogen and oxygen atoms in total. The standard InChI is InChI=1S/C10H12ClNO2S/c11-10-4-2-1-3-8(10)7-15(13,14)9-5-12-6-9/h1-4,9,12H,5-7H2. The molecule has 1 aromatic rings. The summed E-state index contributed by atoms with van der Waals surface area (Å²) >= 11 is 5.92. The molecule has 2 rings (SSSR count). The number of halogens is 1. The highest BCUT2D eigenvalue weighted by Gasteiger charge is 2.31. The Bertz CT molecular complexity index is 454. The van der Waals surface area contributed by atoms with Crippen molar-refractivity contribution < 1.29 is 8.42 Å². The van der Waals surface area contributed by atoms with Crippen LogP contribution in [0.1, 0.15) is 5.56 Å². The van der Waals surface area contributed by atoms with Crippen molar-refractivity contribution in [3.8, 4) is 0 Å². The highest BCUT2D eigenvalue weighted by molar-refractivity contribution is 7.91. The number of benzene rings is 1. The van der Waals surface area contributed by atoms with Crippen LogP contribution in [0.3, 0.4) is 0 Å². The van der Waals surface area contributed by atoms with Crippen molar-refractivity contribution in [2.75, 3.05) is 13.1 Å². The zero-order valence-electron chi connectivity index (χ0n) is 8.11. The summed E-state index contributed by atoms with van der Waals surface area (Å²) in [6.45, 7) is 1.12. The Balaban J connectivity index is 2.18. The van der Waals surface area contributed by atoms with Crippen molar-refractivity contribution in [3.63, 3.8) is 0 Å². The van der Waals surface area contributed by atoms with Gasteiger partial charge in [-0.2, -0.15) is 0 Å². The van der Waals surface area contributed by atoms with Crippen LogP contribution in [0, 0.1) is 0 Å². The molecule has 1 aromatic carbocycles. The minimum atomic E-state index is -3.05. The van der Waals surface area contributed by atoms with E-state index < -0.39 is 9.84 Å². The van der Waals surface area contributed by atoms with E-state index in [-0.39, 0.29) is 11.0 Å². The van der Waals surface area contributed by atoms with Gasteiger partial charge in [0, 0.05) is 18.1 Å². The minimum Gasteiger partial charge on any atom is -0.314 e. The first-order valence-corrected chi connectivity index (χ1v) is 6.84. The highest BCUT2D eigenvalue weighted by atomic mass is 35.5. The van der Waals surface area contributed by atoms with Crippen molar-refractivity contribution in [2.45, 2.75) is 11.0 Å². The van der Waals surface area contributed by atoms with Gasteiger partial charge >= 0.3 is 0 Å². The van der Waals surface area contributed by atoms with E-state index in [0.29, 0.717) is 23.7 Å². The van der Waals surface area contributed by atoms with Gasteiger partial charge in [-0.1, -0.05) is 29.8 Å². The summed E-state index contributed by atoms with van der Waals surface area (Å²) in [5.41, 5.74) is 0.686. The van der Waals surface area contributed by atoms with Gasteiger partial charge < -0.3 is 5.32 Å². The number of hydrogen-bond acceptors (Lipinski definition) is 3. The van der Waals surface area contributed by atoms with Crippen LogP contribution in [-0.4, -0.2) is 26.8 Å². The molecule has 1 fully saturated rings. The Morgan fingerprint density at radius 2 is 2.00 bits per heavy atom. The molecule has 0 bridgehead atoms. The molecule has 0 saturated carbocycles. The van der Waals surface area contributed by atoms with E-state index in [9.17, 15) is 8.42 Å². The van der Waals surface area contributed by atoms with E-state index in [1.807, 2.05) is 0 Å². The average molecular weight is 246 g/mol. The molecule has 0 radical (unpaired) electrons. The SMILES string of the molecule is O=S(=O)(Cc1ccccc1Cl)C1CNC1. The average Bonchev–Trinajstić information content (AvgIpc) is 2.04. The third-order valence-corrected chi connectivity index (χ3v) is 5.00. The van der Waals surface area contributed by atoms with E-state index >= 15 is 0 Å². The van der Waals surface area contributed by atoms with Gasteiger partial charge in [-0.25, -0.2) is 8.42 Å². The molecular weight excluding hydrogens is 234 g/mol. The number of hydrogen-bond donors (Lipinski definition) is 1. The molecule has 0 amide bonds. The fraction of sp³-hybridized carbons (Fsp3) is 0.400. The molecule has 82 valence electrons. The van der Waals surface area contributed by atoms with Crippen molar-refractivity contribution >= 4 is 21.4 Å². The van der Waals surface area contributed by atoms with Gasteiger partial charge in [0.25, 0.3) is 0 Å². The van der Waals surface area contributed by atoms with Crippen LogP contribution in [0.5, 0.6) is 0 Å². The molecule has 0 aromatic heterocycles. The Morgan fingerprint density at radius 3 is 2.53 bits per heavy atom. The number of nitrogens with one attached hydrogen (secondary N) is 1. The first kappa shape index (κ1) is 10.9. The van der Waals surface area contributed by atoms with Crippen molar-refractivity contribution in [1.29, 1.82) is 0 Å². The lowest BCUT2D eigenvalue weighted by molar-refractivity contribution is 0.495. The second-order valence-corrected chi connectivity index (χ2v) is 6.37. The van der Waals surface area contributed by atoms with E-state index in [1.165, 1.54) is 0 Å². The molecule has 1 aliphatic rings. The monoisotopic (exact) mass is 245 g/mol. The third-order valence-electron chi connectivity index (χ3n) is 2.57. The molecule has 1 aliphatic heterocycles. The van der Waals surface area contributed by atoms with Gasteiger partial charge in [0.1, 0.15) is 0 Å². The molecule has 5 heteroatoms. The van der Waals surface area contributed by atoms with E-state index in [0.717, 1.165) is 0 Å². The Morgan fingerprint density at radius 1 is 1.33 bits per heavy atom. The summed E-state index contributed by atoms with van der Waals surface area (Å²) < 4.78 is 23.7. The van der Waals surface area contributed by atoms with Gasteiger partial charge in [-0.05, 0) is 11.6 Å². The second kappa shape index (κ2) is 4.12. The maximum atomic E-state index is 11.8. The van der Waals surface area contributed by atoms with Gasteiger partial charge in [0.05, 0.1) is 11.0 Å². The lowest BCUT2D eigenvalue weighted by Gasteiger charge is -2.26. The maximum Gasteiger partial charge on any atom is 0.159 e. The predicted octanol–water partition coefficient (Wildman–Crippen LogP) is 1.23. The van der Waals surface area contributed by atoms with Gasteiger partial charge in [-0.3, -0.25) is 0 Å². The van der Waals surface area contributed by atoms with Gasteiger partial charge in [0.2, 0.25) is 0 Å². The van der Waals surface area contributed by atoms with Crippen LogP contribution in [0.2, 0.25) is 5.02 Å². The number of sulfone groups is 1. The zero-order valence-corrected chi connectivity index (χ0v) is 9.68. The minimum absolute atomic E-state index is 0.0407. The summed E-state index contributed by atoms with van der Waals surface area (Å²) in [5, 5.41) is 3.24. The molecule has 1 heterocycles. The Kier molecular flexibility index (Phi) is 3.00. The molecule has 0 spiro atoms. The van der Waals surface area contributed by atoms with Crippen LogP contribution in [-0.2, 0) is 15.6 Å². The van der Waals surface area contributed by atoms with Crippen molar-refractivity contribution in [1.82, 2.24) is 5.32 Å². The molecule has 15 heavy (non-hydrogen) atoms. The molecule has 1 N–H and O–H groups in total. The topological polar surface area (TPSA) is 46.2 Å². The van der Waals surface area contributed by atoms with Crippen LogP contribution in [0.15, 0.2) is 24.3 Å². The summed E-state index contributed by atoms with van der Waals surface area (Å²) in [6.07, 6.45) is 0. The number of rotatable bonds is 3. The maximum absolute atomic E-state index is 11.8. The Hall–Kier alpha value is -0.580. The fourth-order valence-corrected chi connectivity index (χ4v) is 3.41. The molecular formula is C10H12ClNO2S. The van der Waals surface area contributed by atoms with Crippen molar-refractivity contribution in [2.24, 2.45) is 0 Å². The van der Waals surface area contributed by atoms with E-state index in [1.54, 1.807) is 24.3 Å². The van der Waals surface area contributed by atoms with Crippen LogP contribution in [0.4, 0.5) is 0 Å². The lowest BCUT2D eigenvalue weighted by atomic mass is 10.2. The first-order chi connectivity index (χ1) is 7.09. The van der Waals surface area contributed by atoms with Gasteiger partial charge in [-0.15, -0.1) is 0 Å². The highest BCUT2D eigenvalue weighted by Crippen LogP contribution is 2.20. The first-order valence-electron chi connectivity index (χ1n) is 4.75. The quantitative estimate of drug-likeness (QED) is 0.871. The smallest absolute Gasteiger partial charge is 0.159 e. The van der Waals surface area contributed by atoms with Gasteiger partial charge in [0.15, 0.2) is 9.84 Å². The van der Waals surface area contributed by atoms with E-state index in [2.05, 4.69) is 5.32 Å². The summed E-state index contributed by atoms with van der Waals surface area (Å²) in [6, 6.07) is 7.07. The zero-order chi connectivity index (χ0) is 10.9. The molecule has 0 unspecified atom stereocenters. The largest absolute Gasteiger partial charge is 0.314 e. The summed E-state index contributed by atoms with van der Waals surface area (Å²) in [5.74, 6) is 0.0407. The molecule has 1 saturated heterocycles. The predicted molar refractivity (Wildman–Crippen MR) is 60.7 cm³/mol. The van der Waals surface area contributed by atoms with Crippen LogP contribution >= 0.6 is 11.6 Å². The summed E-state index contributed by atoms with van der Waals surface area (Å²) in [4.78, 5) is 0. The molecule has 0 aliphatic carbocycles. The summed E-state index contributed by atoms with van der Waals surface area (Å²) in [7, 11) is -3.05. The fourth-order valence-electron chi connectivity index (χ4n) is 1.47. The lowest BCUT2D eigenvalue weighted by Crippen LogP contribution is -2.51. The second-order valence-electron chi connectivity index (χ2n) is 3.68. The van der Waals surface area contributed by atoms with E-state index in [4.69, 9.17) is 11.6 Å². The third kappa shape index (κ3) is 2.33. The Labute approximate surface area is 94.4 Å².